The van der Waals surface area contributed by atoms with Crippen molar-refractivity contribution < 1.29 is 14.7 Å². The van der Waals surface area contributed by atoms with Crippen molar-refractivity contribution in [3.05, 3.63) is 48.0 Å². The quantitative estimate of drug-likeness (QED) is 0.672. The molecule has 3 rings (SSSR count). The van der Waals surface area contributed by atoms with Gasteiger partial charge in [0.1, 0.15) is 0 Å². The van der Waals surface area contributed by atoms with Crippen molar-refractivity contribution in [3.8, 4) is 0 Å². The number of fused-ring (bicyclic) bond motifs is 1. The number of likely N-dealkylation sites (tertiary alicyclic amines) is 1. The Balaban J connectivity index is 1.93. The zero-order valence-corrected chi connectivity index (χ0v) is 11.1. The second-order valence-electron chi connectivity index (χ2n) is 5.31. The normalized spacial score (nSPS) is 26.8. The van der Waals surface area contributed by atoms with Crippen LogP contribution in [0.3, 0.4) is 0 Å². The number of carbonyl (C=O) groups excluding carboxylic acids is 2. The van der Waals surface area contributed by atoms with E-state index in [1.165, 1.54) is 4.90 Å². The number of imide groups is 1. The van der Waals surface area contributed by atoms with Gasteiger partial charge in [0.15, 0.2) is 0 Å². The number of hydrogen-bond donors (Lipinski definition) is 1. The lowest BCUT2D eigenvalue weighted by atomic mass is 9.85. The van der Waals surface area contributed by atoms with Gasteiger partial charge in [-0.1, -0.05) is 42.5 Å². The summed E-state index contributed by atoms with van der Waals surface area (Å²) in [6.45, 7) is -0.242. The highest BCUT2D eigenvalue weighted by Gasteiger charge is 2.49. The van der Waals surface area contributed by atoms with Crippen LogP contribution in [0.25, 0.3) is 0 Å². The second kappa shape index (κ2) is 5.21. The van der Waals surface area contributed by atoms with Gasteiger partial charge < -0.3 is 5.11 Å². The van der Waals surface area contributed by atoms with Crippen LogP contribution in [0.2, 0.25) is 0 Å². The van der Waals surface area contributed by atoms with Gasteiger partial charge in [0.2, 0.25) is 11.8 Å². The highest BCUT2D eigenvalue weighted by molar-refractivity contribution is 6.05. The monoisotopic (exact) mass is 271 g/mol. The molecule has 1 aliphatic heterocycles. The van der Waals surface area contributed by atoms with Gasteiger partial charge in [-0.15, -0.1) is 0 Å². The molecule has 104 valence electrons. The maximum atomic E-state index is 12.5. The van der Waals surface area contributed by atoms with E-state index in [2.05, 4.69) is 0 Å². The van der Waals surface area contributed by atoms with E-state index in [1.807, 2.05) is 42.5 Å². The molecular formula is C16H17NO3. The van der Waals surface area contributed by atoms with E-state index in [4.69, 9.17) is 0 Å². The van der Waals surface area contributed by atoms with E-state index in [0.29, 0.717) is 12.8 Å². The summed E-state index contributed by atoms with van der Waals surface area (Å²) >= 11 is 0. The Morgan fingerprint density at radius 2 is 1.60 bits per heavy atom. The molecule has 1 heterocycles. The molecule has 0 bridgehead atoms. The van der Waals surface area contributed by atoms with Crippen molar-refractivity contribution >= 4 is 11.8 Å². The fourth-order valence-corrected chi connectivity index (χ4v) is 3.14. The summed E-state index contributed by atoms with van der Waals surface area (Å²) in [6.07, 6.45) is 5.18. The van der Waals surface area contributed by atoms with Crippen LogP contribution in [0.5, 0.6) is 0 Å². The number of hydrogen-bond acceptors (Lipinski definition) is 3. The molecule has 0 saturated carbocycles. The van der Waals surface area contributed by atoms with Crippen LogP contribution in [0.15, 0.2) is 42.5 Å². The maximum Gasteiger partial charge on any atom is 0.234 e. The van der Waals surface area contributed by atoms with E-state index in [9.17, 15) is 14.7 Å². The molecule has 3 atom stereocenters. The number of rotatable bonds is 3. The molecule has 1 aromatic rings. The van der Waals surface area contributed by atoms with Gasteiger partial charge in [0.25, 0.3) is 0 Å². The molecule has 0 spiro atoms. The number of amides is 2. The lowest BCUT2D eigenvalue weighted by Crippen LogP contribution is -2.37. The molecule has 0 radical (unpaired) electrons. The summed E-state index contributed by atoms with van der Waals surface area (Å²) in [5, 5.41) is 9.65. The topological polar surface area (TPSA) is 57.6 Å². The molecule has 0 aromatic heterocycles. The van der Waals surface area contributed by atoms with Crippen molar-refractivity contribution in [3.63, 3.8) is 0 Å². The first-order valence-corrected chi connectivity index (χ1v) is 6.91. The van der Waals surface area contributed by atoms with E-state index >= 15 is 0 Å². The summed E-state index contributed by atoms with van der Waals surface area (Å²) in [4.78, 5) is 26.2. The smallest absolute Gasteiger partial charge is 0.234 e. The highest BCUT2D eigenvalue weighted by atomic mass is 16.3. The lowest BCUT2D eigenvalue weighted by molar-refractivity contribution is -0.143. The predicted octanol–water partition coefficient (Wildman–Crippen LogP) is 1.67. The van der Waals surface area contributed by atoms with Gasteiger partial charge in [-0.05, 0) is 18.4 Å². The summed E-state index contributed by atoms with van der Waals surface area (Å²) < 4.78 is 0. The Hall–Kier alpha value is -1.94. The van der Waals surface area contributed by atoms with Crippen molar-refractivity contribution in [1.29, 1.82) is 0 Å². The molecule has 2 amide bonds. The fourth-order valence-electron chi connectivity index (χ4n) is 3.14. The van der Waals surface area contributed by atoms with Crippen LogP contribution in [0.4, 0.5) is 0 Å². The van der Waals surface area contributed by atoms with Gasteiger partial charge >= 0.3 is 0 Å². The third-order valence-electron chi connectivity index (χ3n) is 4.21. The Kier molecular flexibility index (Phi) is 3.40. The lowest BCUT2D eigenvalue weighted by Gasteiger charge is -2.25. The van der Waals surface area contributed by atoms with Gasteiger partial charge in [-0.2, -0.15) is 0 Å². The second-order valence-corrected chi connectivity index (χ2v) is 5.31. The number of benzene rings is 1. The number of allylic oxidation sites excluding steroid dienone is 2. The van der Waals surface area contributed by atoms with Crippen molar-refractivity contribution in [2.45, 2.75) is 18.9 Å². The Bertz CT molecular complexity index is 526. The number of aliphatic hydroxyl groups excluding tert-OH is 1. The Morgan fingerprint density at radius 1 is 1.05 bits per heavy atom. The van der Waals surface area contributed by atoms with Crippen LogP contribution in [0, 0.1) is 11.8 Å². The minimum atomic E-state index is -0.568. The van der Waals surface area contributed by atoms with Gasteiger partial charge in [-0.3, -0.25) is 14.5 Å². The largest absolute Gasteiger partial charge is 0.394 e. The molecule has 1 fully saturated rings. The minimum absolute atomic E-state index is 0.146. The van der Waals surface area contributed by atoms with E-state index in [0.717, 1.165) is 5.56 Å². The van der Waals surface area contributed by atoms with E-state index in [1.54, 1.807) is 0 Å². The summed E-state index contributed by atoms with van der Waals surface area (Å²) in [6, 6.07) is 8.66. The van der Waals surface area contributed by atoms with Crippen molar-refractivity contribution in [2.24, 2.45) is 11.8 Å². The minimum Gasteiger partial charge on any atom is -0.394 e. The summed E-state index contributed by atoms with van der Waals surface area (Å²) in [5.41, 5.74) is 0.795. The van der Waals surface area contributed by atoms with Gasteiger partial charge in [0, 0.05) is 0 Å². The maximum absolute atomic E-state index is 12.5. The van der Waals surface area contributed by atoms with Crippen LogP contribution < -0.4 is 0 Å². The number of aliphatic hydroxyl groups is 1. The van der Waals surface area contributed by atoms with Gasteiger partial charge in [0.05, 0.1) is 24.5 Å². The molecule has 2 unspecified atom stereocenters. The van der Waals surface area contributed by atoms with Crippen LogP contribution in [-0.2, 0) is 9.59 Å². The molecule has 1 saturated heterocycles. The molecule has 4 heteroatoms. The van der Waals surface area contributed by atoms with E-state index < -0.39 is 6.04 Å². The van der Waals surface area contributed by atoms with Crippen molar-refractivity contribution in [2.75, 3.05) is 6.61 Å². The van der Waals surface area contributed by atoms with Crippen LogP contribution in [-0.4, -0.2) is 28.4 Å². The van der Waals surface area contributed by atoms with Crippen LogP contribution >= 0.6 is 0 Å². The predicted molar refractivity (Wildman–Crippen MR) is 73.5 cm³/mol. The zero-order chi connectivity index (χ0) is 14.1. The first-order chi connectivity index (χ1) is 9.74. The molecular weight excluding hydrogens is 254 g/mol. The summed E-state index contributed by atoms with van der Waals surface area (Å²) in [5.74, 6) is -0.782. The number of nitrogens with zero attached hydrogens (tertiary/aromatic N) is 1. The van der Waals surface area contributed by atoms with E-state index in [-0.39, 0.29) is 30.3 Å². The van der Waals surface area contributed by atoms with Crippen molar-refractivity contribution in [1.82, 2.24) is 4.90 Å². The fraction of sp³-hybridized carbons (Fsp3) is 0.375. The number of carbonyl (C=O) groups is 2. The van der Waals surface area contributed by atoms with Crippen LogP contribution in [0.1, 0.15) is 24.4 Å². The SMILES string of the molecule is O=C1C2CC=CCC2C(=O)N1[C@@H](CO)c1ccccc1. The highest BCUT2D eigenvalue weighted by Crippen LogP contribution is 2.39. The first kappa shape index (κ1) is 13.1. The molecule has 1 aliphatic carbocycles. The third kappa shape index (κ3) is 1.96. The van der Waals surface area contributed by atoms with Gasteiger partial charge in [-0.25, -0.2) is 0 Å². The Morgan fingerprint density at radius 3 is 2.10 bits per heavy atom. The molecule has 1 N–H and O–H groups in total. The zero-order valence-electron chi connectivity index (χ0n) is 11.1. The average molecular weight is 271 g/mol. The average Bonchev–Trinajstić information content (AvgIpc) is 2.75. The molecule has 1 aromatic carbocycles. The molecule has 4 nitrogen and oxygen atoms in total. The summed E-state index contributed by atoms with van der Waals surface area (Å²) in [7, 11) is 0. The molecule has 20 heavy (non-hydrogen) atoms. The molecule has 2 aliphatic rings. The third-order valence-corrected chi connectivity index (χ3v) is 4.21. The first-order valence-electron chi connectivity index (χ1n) is 6.91. The standard InChI is InChI=1S/C16H17NO3/c18-10-14(11-6-2-1-3-7-11)17-15(19)12-8-4-5-9-13(12)16(17)20/h1-7,12-14,18H,8-10H2/t12?,13?,14-/m0/s1. The Labute approximate surface area is 117 Å².